The zero-order valence-corrected chi connectivity index (χ0v) is 53.9. The largest absolute Gasteiger partial charge is 0.466 e. The summed E-state index contributed by atoms with van der Waals surface area (Å²) in [6.07, 6.45) is 85.9. The van der Waals surface area contributed by atoms with Crippen LogP contribution in [-0.2, 0) is 14.3 Å². The number of amides is 1. The highest BCUT2D eigenvalue weighted by atomic mass is 16.5. The highest BCUT2D eigenvalue weighted by molar-refractivity contribution is 5.76. The van der Waals surface area contributed by atoms with Crippen molar-refractivity contribution in [2.75, 3.05) is 13.2 Å². The van der Waals surface area contributed by atoms with Gasteiger partial charge in [-0.25, -0.2) is 0 Å². The fourth-order valence-corrected chi connectivity index (χ4v) is 11.8. The lowest BCUT2D eigenvalue weighted by atomic mass is 10.0. The molecule has 0 fully saturated rings. The van der Waals surface area contributed by atoms with Crippen LogP contribution in [0.5, 0.6) is 0 Å². The van der Waals surface area contributed by atoms with E-state index in [4.69, 9.17) is 4.74 Å². The number of carbonyl (C=O) groups is 2. The van der Waals surface area contributed by atoms with Crippen LogP contribution in [0.2, 0.25) is 0 Å². The maximum absolute atomic E-state index is 12.5. The van der Waals surface area contributed by atoms with Gasteiger partial charge >= 0.3 is 5.97 Å². The number of allylic oxidation sites excluding steroid dienone is 2. The number of hydrogen-bond acceptors (Lipinski definition) is 5. The molecular formula is C73H143NO5. The smallest absolute Gasteiger partial charge is 0.305 e. The van der Waals surface area contributed by atoms with Crippen LogP contribution < -0.4 is 5.32 Å². The minimum Gasteiger partial charge on any atom is -0.466 e. The molecule has 79 heavy (non-hydrogen) atoms. The lowest BCUT2D eigenvalue weighted by Gasteiger charge is -2.22. The Morgan fingerprint density at radius 1 is 0.342 bits per heavy atom. The van der Waals surface area contributed by atoms with Crippen LogP contribution in [0.1, 0.15) is 418 Å². The Bertz CT molecular complexity index is 1190. The van der Waals surface area contributed by atoms with E-state index in [2.05, 4.69) is 31.3 Å². The summed E-state index contributed by atoms with van der Waals surface area (Å²) in [7, 11) is 0. The van der Waals surface area contributed by atoms with Crippen LogP contribution in [-0.4, -0.2) is 47.4 Å². The molecule has 2 unspecified atom stereocenters. The quantitative estimate of drug-likeness (QED) is 0.0320. The van der Waals surface area contributed by atoms with Crippen molar-refractivity contribution in [3.8, 4) is 0 Å². The third-order valence-corrected chi connectivity index (χ3v) is 17.3. The van der Waals surface area contributed by atoms with Crippen molar-refractivity contribution in [3.05, 3.63) is 12.2 Å². The van der Waals surface area contributed by atoms with Crippen LogP contribution in [0.3, 0.4) is 0 Å². The Hall–Kier alpha value is -1.40. The predicted octanol–water partition coefficient (Wildman–Crippen LogP) is 23.5. The number of aliphatic hydroxyl groups excluding tert-OH is 2. The highest BCUT2D eigenvalue weighted by Crippen LogP contribution is 2.20. The van der Waals surface area contributed by atoms with Gasteiger partial charge in [0.25, 0.3) is 0 Å². The summed E-state index contributed by atoms with van der Waals surface area (Å²) in [4.78, 5) is 24.5. The minimum absolute atomic E-state index is 0.0154. The van der Waals surface area contributed by atoms with Gasteiger partial charge in [0.15, 0.2) is 0 Å². The average Bonchev–Trinajstić information content (AvgIpc) is 3.45. The van der Waals surface area contributed by atoms with Crippen molar-refractivity contribution in [3.63, 3.8) is 0 Å². The van der Waals surface area contributed by atoms with Gasteiger partial charge in [0.05, 0.1) is 25.4 Å². The third kappa shape index (κ3) is 65.6. The molecule has 0 aliphatic carbocycles. The predicted molar refractivity (Wildman–Crippen MR) is 347 cm³/mol. The molecule has 6 nitrogen and oxygen atoms in total. The molecule has 6 heteroatoms. The number of rotatable bonds is 69. The van der Waals surface area contributed by atoms with Crippen LogP contribution in [0.25, 0.3) is 0 Å². The highest BCUT2D eigenvalue weighted by Gasteiger charge is 2.20. The fourth-order valence-electron chi connectivity index (χ4n) is 11.8. The van der Waals surface area contributed by atoms with Crippen molar-refractivity contribution in [1.82, 2.24) is 5.32 Å². The molecule has 0 saturated carbocycles. The maximum atomic E-state index is 12.5. The monoisotopic (exact) mass is 1110 g/mol. The molecule has 0 bridgehead atoms. The number of aliphatic hydroxyl groups is 2. The molecule has 0 saturated heterocycles. The number of unbranched alkanes of at least 4 members (excludes halogenated alkanes) is 56. The van der Waals surface area contributed by atoms with Gasteiger partial charge in [0.2, 0.25) is 5.91 Å². The van der Waals surface area contributed by atoms with E-state index in [0.717, 1.165) is 44.9 Å². The standard InChI is InChI=1S/C73H143NO5/c1-3-5-7-9-11-13-15-43-47-51-55-59-63-67-73(78)79-68-64-60-56-52-48-45-42-40-38-36-34-32-30-28-26-24-22-20-18-16-17-19-21-23-25-27-29-31-33-35-37-39-41-44-46-50-54-58-62-66-72(77)74-70(69-75)71(76)65-61-57-53-49-14-12-10-8-6-4-2/h13,15,70-71,75-76H,3-12,14,16-69H2,1-2H3,(H,74,77)/b15-13-. The molecule has 0 aromatic rings. The van der Waals surface area contributed by atoms with Gasteiger partial charge < -0.3 is 20.3 Å². The summed E-state index contributed by atoms with van der Waals surface area (Å²) < 4.78 is 5.49. The summed E-state index contributed by atoms with van der Waals surface area (Å²) in [6, 6.07) is -0.534. The van der Waals surface area contributed by atoms with Crippen molar-refractivity contribution in [1.29, 1.82) is 0 Å². The van der Waals surface area contributed by atoms with Crippen molar-refractivity contribution in [2.24, 2.45) is 0 Å². The van der Waals surface area contributed by atoms with E-state index < -0.39 is 12.1 Å². The van der Waals surface area contributed by atoms with Crippen LogP contribution >= 0.6 is 0 Å². The van der Waals surface area contributed by atoms with Gasteiger partial charge in [0, 0.05) is 12.8 Å². The topological polar surface area (TPSA) is 95.9 Å². The second-order valence-electron chi connectivity index (χ2n) is 25.3. The molecule has 0 spiro atoms. The Kier molecular flexibility index (Phi) is 67.9. The zero-order chi connectivity index (χ0) is 57.1. The number of nitrogens with one attached hydrogen (secondary N) is 1. The SMILES string of the molecule is CCCCCC/C=C\CCCCCCCC(=O)OCCCCCCCCCCCCCCCCCCCCCCCCCCCCCCCCCCCCCCCCCC(=O)NC(CO)C(O)CCCCCCCCCCCC. The molecule has 0 aliphatic heterocycles. The molecule has 470 valence electrons. The maximum Gasteiger partial charge on any atom is 0.305 e. The van der Waals surface area contributed by atoms with E-state index in [0.29, 0.717) is 25.9 Å². The molecular weight excluding hydrogens is 971 g/mol. The van der Waals surface area contributed by atoms with Crippen LogP contribution in [0, 0.1) is 0 Å². The number of ether oxygens (including phenoxy) is 1. The van der Waals surface area contributed by atoms with E-state index >= 15 is 0 Å². The van der Waals surface area contributed by atoms with Crippen molar-refractivity contribution < 1.29 is 24.5 Å². The first-order valence-electron chi connectivity index (χ1n) is 36.4. The number of esters is 1. The van der Waals surface area contributed by atoms with Crippen LogP contribution in [0.4, 0.5) is 0 Å². The Morgan fingerprint density at radius 3 is 0.911 bits per heavy atom. The molecule has 2 atom stereocenters. The van der Waals surface area contributed by atoms with Gasteiger partial charge in [0.1, 0.15) is 0 Å². The summed E-state index contributed by atoms with van der Waals surface area (Å²) in [6.45, 7) is 4.96. The molecule has 0 heterocycles. The average molecular weight is 1110 g/mol. The first kappa shape index (κ1) is 77.6. The van der Waals surface area contributed by atoms with Gasteiger partial charge in [-0.3, -0.25) is 9.59 Å². The van der Waals surface area contributed by atoms with Crippen molar-refractivity contribution >= 4 is 11.9 Å². The van der Waals surface area contributed by atoms with Gasteiger partial charge in [-0.05, 0) is 51.4 Å². The van der Waals surface area contributed by atoms with E-state index in [1.54, 1.807) is 0 Å². The second kappa shape index (κ2) is 69.1. The van der Waals surface area contributed by atoms with E-state index in [1.165, 1.54) is 340 Å². The zero-order valence-electron chi connectivity index (χ0n) is 53.9. The first-order valence-corrected chi connectivity index (χ1v) is 36.4. The molecule has 0 rings (SSSR count). The summed E-state index contributed by atoms with van der Waals surface area (Å²) in [5.74, 6) is -0.0128. The van der Waals surface area contributed by atoms with Crippen molar-refractivity contribution in [2.45, 2.75) is 431 Å². The molecule has 0 aliphatic rings. The number of hydrogen-bond donors (Lipinski definition) is 3. The summed E-state index contributed by atoms with van der Waals surface area (Å²) >= 11 is 0. The van der Waals surface area contributed by atoms with E-state index in [9.17, 15) is 19.8 Å². The van der Waals surface area contributed by atoms with Gasteiger partial charge in [-0.1, -0.05) is 366 Å². The molecule has 0 radical (unpaired) electrons. The second-order valence-corrected chi connectivity index (χ2v) is 25.3. The van der Waals surface area contributed by atoms with Crippen LogP contribution in [0.15, 0.2) is 12.2 Å². The third-order valence-electron chi connectivity index (χ3n) is 17.3. The normalized spacial score (nSPS) is 12.5. The summed E-state index contributed by atoms with van der Waals surface area (Å²) in [5, 5.41) is 23.2. The molecule has 3 N–H and O–H groups in total. The Labute approximate surface area is 495 Å². The van der Waals surface area contributed by atoms with Gasteiger partial charge in [-0.15, -0.1) is 0 Å². The lowest BCUT2D eigenvalue weighted by molar-refractivity contribution is -0.143. The minimum atomic E-state index is -0.657. The van der Waals surface area contributed by atoms with E-state index in [-0.39, 0.29) is 18.5 Å². The first-order chi connectivity index (χ1) is 39.0. The van der Waals surface area contributed by atoms with E-state index in [1.807, 2.05) is 0 Å². The molecule has 0 aromatic carbocycles. The Balaban J connectivity index is 3.26. The summed E-state index contributed by atoms with van der Waals surface area (Å²) in [5.41, 5.74) is 0. The molecule has 0 aromatic heterocycles. The Morgan fingerprint density at radius 2 is 0.595 bits per heavy atom. The fraction of sp³-hybridized carbons (Fsp3) is 0.945. The van der Waals surface area contributed by atoms with Gasteiger partial charge in [-0.2, -0.15) is 0 Å². The lowest BCUT2D eigenvalue weighted by Crippen LogP contribution is -2.45. The molecule has 1 amide bonds. The number of carbonyl (C=O) groups excluding carboxylic acids is 2.